The molecular weight excluding hydrogens is 400 g/mol. The van der Waals surface area contributed by atoms with Gasteiger partial charge in [0.2, 0.25) is 0 Å². The van der Waals surface area contributed by atoms with Crippen molar-refractivity contribution in [1.82, 2.24) is 0 Å². The largest absolute Gasteiger partial charge is 0.497 e. The number of benzene rings is 2. The number of para-hydroxylation sites is 1. The number of carbonyl (C=O) groups excluding carboxylic acids is 1. The van der Waals surface area contributed by atoms with Gasteiger partial charge in [0, 0.05) is 6.54 Å². The van der Waals surface area contributed by atoms with Crippen LogP contribution in [-0.2, 0) is 14.8 Å². The highest BCUT2D eigenvalue weighted by Crippen LogP contribution is 2.38. The van der Waals surface area contributed by atoms with Crippen molar-refractivity contribution in [2.24, 2.45) is 5.73 Å². The number of sulfonamides is 1. The van der Waals surface area contributed by atoms with Crippen molar-refractivity contribution in [3.8, 4) is 11.5 Å². The fourth-order valence-electron chi connectivity index (χ4n) is 3.11. The first-order valence-corrected chi connectivity index (χ1v) is 10.2. The second-order valence-electron chi connectivity index (χ2n) is 6.36. The minimum absolute atomic E-state index is 0.0310. The number of anilines is 1. The van der Waals surface area contributed by atoms with Crippen molar-refractivity contribution < 1.29 is 32.6 Å². The number of primary amides is 1. The third-order valence-corrected chi connectivity index (χ3v) is 6.35. The molecule has 1 heterocycles. The molecule has 0 radical (unpaired) electrons. The number of fused-ring (bicyclic) bond motifs is 1. The number of hydrogen-bond acceptors (Lipinski definition) is 6. The molecule has 1 aliphatic rings. The van der Waals surface area contributed by atoms with E-state index in [0.29, 0.717) is 5.75 Å². The standard InChI is InChI=1S/C19H20N2O7S/c1-27-12-7-9-13(10-8-12)29(25,26)21-11-3-6-16(18(20)22)28-15-5-2-4-14(17(15)21)19(23)24/h2,4-5,7-10,16H,3,6,11H2,1H3,(H2,20,22)(H,23,24). The van der Waals surface area contributed by atoms with Crippen LogP contribution in [-0.4, -0.2) is 45.2 Å². The minimum Gasteiger partial charge on any atom is -0.497 e. The number of rotatable bonds is 5. The lowest BCUT2D eigenvalue weighted by Crippen LogP contribution is -2.40. The lowest BCUT2D eigenvalue weighted by molar-refractivity contribution is -0.125. The number of amides is 1. The number of ether oxygens (including phenoxy) is 2. The fraction of sp³-hybridized carbons (Fsp3) is 0.263. The molecule has 2 aromatic rings. The molecule has 154 valence electrons. The van der Waals surface area contributed by atoms with E-state index in [1.54, 1.807) is 0 Å². The van der Waals surface area contributed by atoms with Gasteiger partial charge in [0.1, 0.15) is 17.2 Å². The van der Waals surface area contributed by atoms with Crippen LogP contribution in [0.2, 0.25) is 0 Å². The summed E-state index contributed by atoms with van der Waals surface area (Å²) in [6.45, 7) is -0.0429. The summed E-state index contributed by atoms with van der Waals surface area (Å²) in [5.74, 6) is -1.58. The van der Waals surface area contributed by atoms with E-state index in [1.165, 1.54) is 49.6 Å². The Kier molecular flexibility index (Phi) is 5.64. The van der Waals surface area contributed by atoms with Crippen LogP contribution in [0, 0.1) is 0 Å². The molecule has 0 bridgehead atoms. The molecule has 3 rings (SSSR count). The van der Waals surface area contributed by atoms with Gasteiger partial charge >= 0.3 is 5.97 Å². The van der Waals surface area contributed by atoms with Crippen LogP contribution in [0.25, 0.3) is 0 Å². The highest BCUT2D eigenvalue weighted by molar-refractivity contribution is 7.92. The van der Waals surface area contributed by atoms with E-state index in [9.17, 15) is 23.1 Å². The monoisotopic (exact) mass is 420 g/mol. The Balaban J connectivity index is 2.17. The number of carboxylic acids is 1. The SMILES string of the molecule is COc1ccc(S(=O)(=O)N2CCCC(C(N)=O)Oc3cccc(C(=O)O)c32)cc1. The number of nitrogens with two attached hydrogens (primary N) is 1. The van der Waals surface area contributed by atoms with Gasteiger partial charge in [0.05, 0.1) is 17.6 Å². The van der Waals surface area contributed by atoms with E-state index < -0.39 is 28.0 Å². The topological polar surface area (TPSA) is 136 Å². The number of nitrogens with zero attached hydrogens (tertiary/aromatic N) is 1. The molecule has 0 aliphatic carbocycles. The molecule has 9 nitrogen and oxygen atoms in total. The van der Waals surface area contributed by atoms with Gasteiger partial charge < -0.3 is 20.3 Å². The van der Waals surface area contributed by atoms with Crippen LogP contribution in [0.15, 0.2) is 47.4 Å². The average Bonchev–Trinajstić information content (AvgIpc) is 2.67. The van der Waals surface area contributed by atoms with Crippen LogP contribution in [0.3, 0.4) is 0 Å². The van der Waals surface area contributed by atoms with Crippen molar-refractivity contribution in [3.63, 3.8) is 0 Å². The highest BCUT2D eigenvalue weighted by Gasteiger charge is 2.34. The second kappa shape index (κ2) is 8.00. The van der Waals surface area contributed by atoms with Gasteiger partial charge in [-0.2, -0.15) is 0 Å². The van der Waals surface area contributed by atoms with Gasteiger partial charge in [-0.15, -0.1) is 0 Å². The predicted molar refractivity (Wildman–Crippen MR) is 104 cm³/mol. The summed E-state index contributed by atoms with van der Waals surface area (Å²) < 4.78 is 38.4. The van der Waals surface area contributed by atoms with E-state index in [4.69, 9.17) is 15.2 Å². The zero-order valence-corrected chi connectivity index (χ0v) is 16.4. The maximum atomic E-state index is 13.3. The summed E-state index contributed by atoms with van der Waals surface area (Å²) >= 11 is 0. The van der Waals surface area contributed by atoms with Crippen molar-refractivity contribution in [2.75, 3.05) is 18.0 Å². The Bertz CT molecular complexity index is 1040. The van der Waals surface area contributed by atoms with E-state index >= 15 is 0 Å². The number of aromatic carboxylic acids is 1. The number of methoxy groups -OCH3 is 1. The number of hydrogen-bond donors (Lipinski definition) is 2. The van der Waals surface area contributed by atoms with E-state index in [-0.39, 0.29) is 41.3 Å². The lowest BCUT2D eigenvalue weighted by atomic mass is 10.1. The normalized spacial score (nSPS) is 16.7. The number of carbonyl (C=O) groups is 2. The maximum Gasteiger partial charge on any atom is 0.337 e. The Morgan fingerprint density at radius 3 is 2.48 bits per heavy atom. The quantitative estimate of drug-likeness (QED) is 0.750. The van der Waals surface area contributed by atoms with Gasteiger partial charge in [0.25, 0.3) is 15.9 Å². The van der Waals surface area contributed by atoms with Gasteiger partial charge in [-0.05, 0) is 49.2 Å². The maximum absolute atomic E-state index is 13.3. The van der Waals surface area contributed by atoms with Crippen LogP contribution < -0.4 is 19.5 Å². The van der Waals surface area contributed by atoms with Crippen molar-refractivity contribution >= 4 is 27.6 Å². The summed E-state index contributed by atoms with van der Waals surface area (Å²) in [4.78, 5) is 23.4. The molecule has 0 aromatic heterocycles. The third kappa shape index (κ3) is 3.97. The summed E-state index contributed by atoms with van der Waals surface area (Å²) in [5, 5.41) is 9.62. The molecule has 1 unspecified atom stereocenters. The molecule has 0 saturated heterocycles. The summed E-state index contributed by atoms with van der Waals surface area (Å²) in [6.07, 6.45) is -0.541. The van der Waals surface area contributed by atoms with Crippen molar-refractivity contribution in [3.05, 3.63) is 48.0 Å². The molecule has 0 saturated carbocycles. The summed E-state index contributed by atoms with van der Waals surface area (Å²) in [7, 11) is -2.65. The van der Waals surface area contributed by atoms with E-state index in [0.717, 1.165) is 4.31 Å². The predicted octanol–water partition coefficient (Wildman–Crippen LogP) is 1.62. The first-order valence-electron chi connectivity index (χ1n) is 8.74. The molecule has 1 aliphatic heterocycles. The summed E-state index contributed by atoms with van der Waals surface area (Å²) in [5.41, 5.74) is 4.96. The zero-order valence-electron chi connectivity index (χ0n) is 15.6. The van der Waals surface area contributed by atoms with Gasteiger partial charge in [0.15, 0.2) is 6.10 Å². The first-order chi connectivity index (χ1) is 13.8. The molecule has 2 aromatic carbocycles. The molecule has 0 spiro atoms. The van der Waals surface area contributed by atoms with Crippen molar-refractivity contribution in [2.45, 2.75) is 23.8 Å². The zero-order chi connectivity index (χ0) is 21.2. The molecule has 29 heavy (non-hydrogen) atoms. The molecule has 0 fully saturated rings. The summed E-state index contributed by atoms with van der Waals surface area (Å²) in [6, 6.07) is 9.87. The van der Waals surface area contributed by atoms with E-state index in [2.05, 4.69) is 0 Å². The van der Waals surface area contributed by atoms with Crippen LogP contribution in [0.5, 0.6) is 11.5 Å². The Morgan fingerprint density at radius 1 is 1.21 bits per heavy atom. The molecule has 1 atom stereocenters. The van der Waals surface area contributed by atoms with Crippen molar-refractivity contribution in [1.29, 1.82) is 0 Å². The third-order valence-electron chi connectivity index (χ3n) is 4.54. The smallest absolute Gasteiger partial charge is 0.337 e. The molecule has 3 N–H and O–H groups in total. The van der Waals surface area contributed by atoms with Crippen LogP contribution >= 0.6 is 0 Å². The first kappa shape index (κ1) is 20.5. The molecular formula is C19H20N2O7S. The number of carboxylic acid groups (broad SMARTS) is 1. The lowest BCUT2D eigenvalue weighted by Gasteiger charge is -2.31. The van der Waals surface area contributed by atoms with E-state index in [1.807, 2.05) is 0 Å². The van der Waals surface area contributed by atoms with Crippen LogP contribution in [0.4, 0.5) is 5.69 Å². The Labute approximate surface area is 167 Å². The average molecular weight is 420 g/mol. The Morgan fingerprint density at radius 2 is 1.90 bits per heavy atom. The fourth-order valence-corrected chi connectivity index (χ4v) is 4.64. The Hall–Kier alpha value is -3.27. The second-order valence-corrected chi connectivity index (χ2v) is 8.22. The minimum atomic E-state index is -4.12. The van der Waals surface area contributed by atoms with Gasteiger partial charge in [-0.3, -0.25) is 9.10 Å². The van der Waals surface area contributed by atoms with Gasteiger partial charge in [-0.25, -0.2) is 13.2 Å². The highest BCUT2D eigenvalue weighted by atomic mass is 32.2. The molecule has 1 amide bonds. The van der Waals surface area contributed by atoms with Gasteiger partial charge in [-0.1, -0.05) is 6.07 Å². The molecule has 10 heteroatoms. The van der Waals surface area contributed by atoms with Crippen LogP contribution in [0.1, 0.15) is 23.2 Å².